The molecule has 0 bridgehead atoms. The highest BCUT2D eigenvalue weighted by Crippen LogP contribution is 2.21. The molecular formula is C20H18OS. The summed E-state index contributed by atoms with van der Waals surface area (Å²) in [7, 11) is 0. The molecule has 0 heterocycles. The Balaban J connectivity index is 0.00000176. The molecule has 0 saturated carbocycles. The molecule has 0 atom stereocenters. The molecule has 0 aromatic heterocycles. The molecule has 3 rings (SSSR count). The van der Waals surface area contributed by atoms with Gasteiger partial charge in [0.25, 0.3) is 0 Å². The van der Waals surface area contributed by atoms with E-state index in [0.717, 1.165) is 16.7 Å². The van der Waals surface area contributed by atoms with E-state index in [1.165, 1.54) is 11.1 Å². The Morgan fingerprint density at radius 3 is 1.64 bits per heavy atom. The van der Waals surface area contributed by atoms with Crippen LogP contribution in [0.2, 0.25) is 0 Å². The molecule has 0 fully saturated rings. The van der Waals surface area contributed by atoms with Crippen LogP contribution in [0.5, 0.6) is 0 Å². The van der Waals surface area contributed by atoms with Gasteiger partial charge in [0.05, 0.1) is 0 Å². The van der Waals surface area contributed by atoms with E-state index >= 15 is 0 Å². The third-order valence-electron chi connectivity index (χ3n) is 3.57. The molecule has 0 amide bonds. The molecule has 0 aliphatic heterocycles. The van der Waals surface area contributed by atoms with Crippen LogP contribution in [0, 0.1) is 6.92 Å². The Morgan fingerprint density at radius 1 is 0.636 bits per heavy atom. The number of carbonyl (C=O) groups is 1. The van der Waals surface area contributed by atoms with E-state index in [4.69, 9.17) is 0 Å². The summed E-state index contributed by atoms with van der Waals surface area (Å²) in [4.78, 5) is 12.3. The summed E-state index contributed by atoms with van der Waals surface area (Å²) in [5, 5.41) is 0. The van der Waals surface area contributed by atoms with Crippen LogP contribution in [0.4, 0.5) is 0 Å². The predicted octanol–water partition coefficient (Wildman–Crippen LogP) is 5.01. The summed E-state index contributed by atoms with van der Waals surface area (Å²) in [6.07, 6.45) is 0. The molecule has 0 unspecified atom stereocenters. The van der Waals surface area contributed by atoms with Gasteiger partial charge in [0.15, 0.2) is 5.78 Å². The second-order valence-electron chi connectivity index (χ2n) is 5.14. The Labute approximate surface area is 138 Å². The van der Waals surface area contributed by atoms with Gasteiger partial charge in [-0.2, -0.15) is 13.5 Å². The summed E-state index contributed by atoms with van der Waals surface area (Å²) in [6.45, 7) is 2.07. The van der Waals surface area contributed by atoms with Crippen LogP contribution in [0.25, 0.3) is 11.1 Å². The number of hydrogen-bond acceptors (Lipinski definition) is 1. The number of aryl methyl sites for hydroxylation is 1. The average molecular weight is 306 g/mol. The molecule has 0 spiro atoms. The Morgan fingerprint density at radius 2 is 1.09 bits per heavy atom. The Bertz CT molecular complexity index is 744. The van der Waals surface area contributed by atoms with Crippen LogP contribution in [0.3, 0.4) is 0 Å². The van der Waals surface area contributed by atoms with Crippen molar-refractivity contribution in [3.05, 3.63) is 95.6 Å². The van der Waals surface area contributed by atoms with Crippen LogP contribution in [-0.4, -0.2) is 5.78 Å². The van der Waals surface area contributed by atoms with Gasteiger partial charge in [-0.05, 0) is 18.1 Å². The lowest BCUT2D eigenvalue weighted by molar-refractivity contribution is 0.103. The molecule has 22 heavy (non-hydrogen) atoms. The topological polar surface area (TPSA) is 17.1 Å². The molecule has 0 saturated heterocycles. The van der Waals surface area contributed by atoms with Gasteiger partial charge in [0.2, 0.25) is 0 Å². The third kappa shape index (κ3) is 3.46. The summed E-state index contributed by atoms with van der Waals surface area (Å²) in [5.41, 5.74) is 4.98. The summed E-state index contributed by atoms with van der Waals surface area (Å²) in [6, 6.07) is 25.5. The Kier molecular flexibility index (Phi) is 5.18. The minimum atomic E-state index is 0. The summed E-state index contributed by atoms with van der Waals surface area (Å²) < 4.78 is 0. The van der Waals surface area contributed by atoms with Crippen LogP contribution in [-0.2, 0) is 0 Å². The largest absolute Gasteiger partial charge is 0.289 e. The molecule has 3 aromatic rings. The lowest BCUT2D eigenvalue weighted by atomic mass is 9.99. The maximum absolute atomic E-state index is 12.3. The minimum absolute atomic E-state index is 0. The monoisotopic (exact) mass is 306 g/mol. The molecule has 110 valence electrons. The normalized spacial score (nSPS) is 9.86. The van der Waals surface area contributed by atoms with Gasteiger partial charge < -0.3 is 0 Å². The molecule has 0 aliphatic carbocycles. The van der Waals surface area contributed by atoms with E-state index in [9.17, 15) is 4.79 Å². The van der Waals surface area contributed by atoms with Gasteiger partial charge in [-0.15, -0.1) is 0 Å². The van der Waals surface area contributed by atoms with Crippen molar-refractivity contribution in [2.75, 3.05) is 0 Å². The highest BCUT2D eigenvalue weighted by atomic mass is 32.1. The standard InChI is InChI=1S/C20H16O.H2S/c1-15-7-9-16(10-8-15)17-11-13-19(14-12-17)20(21)18-5-3-2-4-6-18;/h2-14H,1H3;1H2. The maximum atomic E-state index is 12.3. The smallest absolute Gasteiger partial charge is 0.193 e. The van der Waals surface area contributed by atoms with E-state index < -0.39 is 0 Å². The van der Waals surface area contributed by atoms with Crippen LogP contribution >= 0.6 is 13.5 Å². The molecule has 0 radical (unpaired) electrons. The SMILES string of the molecule is Cc1ccc(-c2ccc(C(=O)c3ccccc3)cc2)cc1.S. The molecule has 0 aliphatic rings. The van der Waals surface area contributed by atoms with E-state index in [2.05, 4.69) is 31.2 Å². The summed E-state index contributed by atoms with van der Waals surface area (Å²) in [5.74, 6) is 0.0612. The first-order chi connectivity index (χ1) is 10.2. The third-order valence-corrected chi connectivity index (χ3v) is 3.57. The van der Waals surface area contributed by atoms with Gasteiger partial charge in [-0.25, -0.2) is 0 Å². The first-order valence-electron chi connectivity index (χ1n) is 7.01. The van der Waals surface area contributed by atoms with E-state index in [0.29, 0.717) is 0 Å². The number of ketones is 1. The van der Waals surface area contributed by atoms with E-state index in [1.807, 2.05) is 54.6 Å². The molecule has 2 heteroatoms. The number of benzene rings is 3. The fourth-order valence-corrected chi connectivity index (χ4v) is 2.32. The van der Waals surface area contributed by atoms with Crippen molar-refractivity contribution in [1.29, 1.82) is 0 Å². The number of hydrogen-bond donors (Lipinski definition) is 0. The van der Waals surface area contributed by atoms with Gasteiger partial charge >= 0.3 is 0 Å². The second-order valence-corrected chi connectivity index (χ2v) is 5.14. The van der Waals surface area contributed by atoms with Crippen molar-refractivity contribution >= 4 is 19.3 Å². The van der Waals surface area contributed by atoms with E-state index in [1.54, 1.807) is 0 Å². The molecule has 0 N–H and O–H groups in total. The first-order valence-corrected chi connectivity index (χ1v) is 7.01. The van der Waals surface area contributed by atoms with Crippen LogP contribution in [0.15, 0.2) is 78.9 Å². The van der Waals surface area contributed by atoms with Crippen molar-refractivity contribution < 1.29 is 4.79 Å². The maximum Gasteiger partial charge on any atom is 0.193 e. The molecule has 1 nitrogen and oxygen atoms in total. The Hall–Kier alpha value is -2.32. The fraction of sp³-hybridized carbons (Fsp3) is 0.0500. The minimum Gasteiger partial charge on any atom is -0.289 e. The number of carbonyl (C=O) groups excluding carboxylic acids is 1. The second kappa shape index (κ2) is 7.10. The van der Waals surface area contributed by atoms with Crippen molar-refractivity contribution in [3.8, 4) is 11.1 Å². The van der Waals surface area contributed by atoms with Crippen molar-refractivity contribution in [1.82, 2.24) is 0 Å². The van der Waals surface area contributed by atoms with Gasteiger partial charge in [-0.1, -0.05) is 84.4 Å². The first kappa shape index (κ1) is 16.1. The zero-order valence-electron chi connectivity index (χ0n) is 12.4. The van der Waals surface area contributed by atoms with Gasteiger partial charge in [-0.3, -0.25) is 4.79 Å². The van der Waals surface area contributed by atoms with E-state index in [-0.39, 0.29) is 19.3 Å². The lowest BCUT2D eigenvalue weighted by Crippen LogP contribution is -2.00. The molecular weight excluding hydrogens is 288 g/mol. The average Bonchev–Trinajstić information content (AvgIpc) is 2.56. The van der Waals surface area contributed by atoms with Crippen molar-refractivity contribution in [3.63, 3.8) is 0 Å². The lowest BCUT2D eigenvalue weighted by Gasteiger charge is -2.05. The van der Waals surface area contributed by atoms with Crippen LogP contribution in [0.1, 0.15) is 21.5 Å². The highest BCUT2D eigenvalue weighted by molar-refractivity contribution is 7.59. The zero-order chi connectivity index (χ0) is 14.7. The molecule has 3 aromatic carbocycles. The quantitative estimate of drug-likeness (QED) is 0.622. The van der Waals surface area contributed by atoms with Crippen molar-refractivity contribution in [2.45, 2.75) is 6.92 Å². The van der Waals surface area contributed by atoms with Crippen molar-refractivity contribution in [2.24, 2.45) is 0 Å². The highest BCUT2D eigenvalue weighted by Gasteiger charge is 2.08. The summed E-state index contributed by atoms with van der Waals surface area (Å²) >= 11 is 0. The number of rotatable bonds is 3. The fourth-order valence-electron chi connectivity index (χ4n) is 2.32. The van der Waals surface area contributed by atoms with Gasteiger partial charge in [0, 0.05) is 11.1 Å². The predicted molar refractivity (Wildman–Crippen MR) is 96.9 cm³/mol. The van der Waals surface area contributed by atoms with Crippen LogP contribution < -0.4 is 0 Å². The van der Waals surface area contributed by atoms with Gasteiger partial charge in [0.1, 0.15) is 0 Å². The zero-order valence-corrected chi connectivity index (χ0v) is 13.4.